The number of allylic oxidation sites excluding steroid dienone is 2. The van der Waals surface area contributed by atoms with Crippen molar-refractivity contribution in [1.29, 1.82) is 0 Å². The molecule has 0 atom stereocenters. The van der Waals surface area contributed by atoms with Gasteiger partial charge in [0.2, 0.25) is 0 Å². The molecule has 0 saturated heterocycles. The average Bonchev–Trinajstić information content (AvgIpc) is 2.83. The first kappa shape index (κ1) is 26.5. The minimum Gasteiger partial charge on any atom is -0.462 e. The van der Waals surface area contributed by atoms with Crippen LogP contribution in [0.2, 0.25) is 0 Å². The van der Waals surface area contributed by atoms with Crippen LogP contribution in [-0.2, 0) is 19.1 Å². The smallest absolute Gasteiger partial charge is 0.336 e. The number of esters is 2. The highest BCUT2D eigenvalue weighted by molar-refractivity contribution is 6.00. The number of carbonyl (C=O) groups excluding carboxylic acids is 2. The van der Waals surface area contributed by atoms with Crippen LogP contribution in [0.1, 0.15) is 64.9 Å². The number of hydrogen-bond donors (Lipinski definition) is 1. The lowest BCUT2D eigenvalue weighted by Crippen LogP contribution is -2.34. The van der Waals surface area contributed by atoms with E-state index in [2.05, 4.69) is 5.32 Å². The van der Waals surface area contributed by atoms with Crippen LogP contribution >= 0.6 is 0 Å². The summed E-state index contributed by atoms with van der Waals surface area (Å²) in [6.45, 7) is 7.48. The molecule has 0 bridgehead atoms. The number of nitro groups is 2. The van der Waals surface area contributed by atoms with Gasteiger partial charge in [0.05, 0.1) is 46.2 Å². The SMILES string of the molecule is CCCOC(=O)C1=C(CC)NC(CC)=C(C(=O)OCCC)C1c1ccc([N+](=O)[O-])cc1[N+](=O)[O-]. The molecule has 11 heteroatoms. The molecule has 0 fully saturated rings. The van der Waals surface area contributed by atoms with Crippen molar-refractivity contribution >= 4 is 23.3 Å². The van der Waals surface area contributed by atoms with Gasteiger partial charge in [0.25, 0.3) is 11.4 Å². The maximum atomic E-state index is 13.2. The largest absolute Gasteiger partial charge is 0.462 e. The molecular formula is C23H29N3O8. The third kappa shape index (κ3) is 5.59. The van der Waals surface area contributed by atoms with E-state index in [9.17, 15) is 29.8 Å². The summed E-state index contributed by atoms with van der Waals surface area (Å²) in [5, 5.41) is 26.3. The van der Waals surface area contributed by atoms with Crippen molar-refractivity contribution in [3.63, 3.8) is 0 Å². The fraction of sp³-hybridized carbons (Fsp3) is 0.478. The Hall–Kier alpha value is -3.76. The van der Waals surface area contributed by atoms with Gasteiger partial charge in [-0.3, -0.25) is 20.2 Å². The molecule has 0 radical (unpaired) electrons. The van der Waals surface area contributed by atoms with Crippen LogP contribution in [0.5, 0.6) is 0 Å². The number of dihydropyridines is 1. The molecule has 0 aromatic heterocycles. The fourth-order valence-corrected chi connectivity index (χ4v) is 3.75. The van der Waals surface area contributed by atoms with E-state index in [1.165, 1.54) is 6.07 Å². The highest BCUT2D eigenvalue weighted by Gasteiger charge is 2.42. The molecule has 0 amide bonds. The van der Waals surface area contributed by atoms with Crippen molar-refractivity contribution in [1.82, 2.24) is 5.32 Å². The summed E-state index contributed by atoms with van der Waals surface area (Å²) in [6, 6.07) is 3.16. The molecule has 1 aliphatic heterocycles. The van der Waals surface area contributed by atoms with E-state index in [0.717, 1.165) is 12.1 Å². The van der Waals surface area contributed by atoms with Crippen LogP contribution in [0.3, 0.4) is 0 Å². The molecule has 2 rings (SSSR count). The van der Waals surface area contributed by atoms with E-state index in [0.29, 0.717) is 37.1 Å². The Labute approximate surface area is 197 Å². The lowest BCUT2D eigenvalue weighted by molar-refractivity contribution is -0.394. The molecule has 1 N–H and O–H groups in total. The number of rotatable bonds is 11. The van der Waals surface area contributed by atoms with Gasteiger partial charge in [0, 0.05) is 23.0 Å². The van der Waals surface area contributed by atoms with Gasteiger partial charge in [-0.15, -0.1) is 0 Å². The molecule has 34 heavy (non-hydrogen) atoms. The first-order valence-electron chi connectivity index (χ1n) is 11.2. The number of hydrogen-bond acceptors (Lipinski definition) is 9. The Balaban J connectivity index is 2.87. The molecule has 0 unspecified atom stereocenters. The number of ether oxygens (including phenoxy) is 2. The molecule has 1 heterocycles. The summed E-state index contributed by atoms with van der Waals surface area (Å²) in [6.07, 6.45) is 1.82. The van der Waals surface area contributed by atoms with E-state index in [1.54, 1.807) is 13.8 Å². The highest BCUT2D eigenvalue weighted by Crippen LogP contribution is 2.44. The van der Waals surface area contributed by atoms with Gasteiger partial charge in [-0.05, 0) is 31.7 Å². The van der Waals surface area contributed by atoms with Crippen LogP contribution < -0.4 is 5.32 Å². The molecule has 0 spiro atoms. The minimum atomic E-state index is -1.19. The van der Waals surface area contributed by atoms with E-state index in [4.69, 9.17) is 9.47 Å². The molecule has 1 aromatic carbocycles. The fourth-order valence-electron chi connectivity index (χ4n) is 3.75. The van der Waals surface area contributed by atoms with Gasteiger partial charge in [0.1, 0.15) is 0 Å². The summed E-state index contributed by atoms with van der Waals surface area (Å²) in [5.74, 6) is -2.64. The predicted octanol–water partition coefficient (Wildman–Crippen LogP) is 4.42. The summed E-state index contributed by atoms with van der Waals surface area (Å²) in [4.78, 5) is 48.0. The zero-order valence-electron chi connectivity index (χ0n) is 19.7. The summed E-state index contributed by atoms with van der Waals surface area (Å²) in [7, 11) is 0. The van der Waals surface area contributed by atoms with Crippen molar-refractivity contribution in [2.24, 2.45) is 0 Å². The second-order valence-corrected chi connectivity index (χ2v) is 7.58. The Morgan fingerprint density at radius 1 is 0.882 bits per heavy atom. The van der Waals surface area contributed by atoms with Crippen LogP contribution in [-0.4, -0.2) is 35.0 Å². The van der Waals surface area contributed by atoms with Crippen LogP contribution in [0.25, 0.3) is 0 Å². The highest BCUT2D eigenvalue weighted by atomic mass is 16.6. The standard InChI is InChI=1S/C23H29N3O8/c1-5-11-33-22(27)20-16(7-3)24-17(8-4)21(23(28)34-12-6-2)19(20)15-10-9-14(25(29)30)13-18(15)26(31)32/h9-10,13,19,24H,5-8,11-12H2,1-4H3. The van der Waals surface area contributed by atoms with Gasteiger partial charge >= 0.3 is 11.9 Å². The Morgan fingerprint density at radius 2 is 1.38 bits per heavy atom. The lowest BCUT2D eigenvalue weighted by atomic mass is 9.78. The van der Waals surface area contributed by atoms with Gasteiger partial charge in [-0.2, -0.15) is 0 Å². The molecule has 0 saturated carbocycles. The average molecular weight is 475 g/mol. The van der Waals surface area contributed by atoms with Gasteiger partial charge < -0.3 is 14.8 Å². The minimum absolute atomic E-state index is 0.0269. The molecule has 184 valence electrons. The zero-order valence-corrected chi connectivity index (χ0v) is 19.7. The van der Waals surface area contributed by atoms with E-state index in [1.807, 2.05) is 13.8 Å². The summed E-state index contributed by atoms with van der Waals surface area (Å²) < 4.78 is 10.7. The first-order chi connectivity index (χ1) is 16.2. The monoisotopic (exact) mass is 475 g/mol. The number of nitrogens with zero attached hydrogens (tertiary/aromatic N) is 2. The van der Waals surface area contributed by atoms with E-state index >= 15 is 0 Å². The zero-order chi connectivity index (χ0) is 25.4. The quantitative estimate of drug-likeness (QED) is 0.278. The third-order valence-corrected chi connectivity index (χ3v) is 5.28. The summed E-state index contributed by atoms with van der Waals surface area (Å²) in [5.41, 5.74) is -0.0594. The van der Waals surface area contributed by atoms with Gasteiger partial charge in [0.15, 0.2) is 0 Å². The Morgan fingerprint density at radius 3 is 1.76 bits per heavy atom. The third-order valence-electron chi connectivity index (χ3n) is 5.28. The van der Waals surface area contributed by atoms with Crippen molar-refractivity contribution in [2.45, 2.75) is 59.3 Å². The number of benzene rings is 1. The predicted molar refractivity (Wildman–Crippen MR) is 123 cm³/mol. The second kappa shape index (κ2) is 11.9. The topological polar surface area (TPSA) is 151 Å². The molecular weight excluding hydrogens is 446 g/mol. The van der Waals surface area contributed by atoms with E-state index < -0.39 is 39.1 Å². The molecule has 11 nitrogen and oxygen atoms in total. The van der Waals surface area contributed by atoms with Crippen molar-refractivity contribution in [3.8, 4) is 0 Å². The van der Waals surface area contributed by atoms with E-state index in [-0.39, 0.29) is 29.9 Å². The van der Waals surface area contributed by atoms with Crippen molar-refractivity contribution < 1.29 is 28.9 Å². The van der Waals surface area contributed by atoms with Gasteiger partial charge in [-0.1, -0.05) is 27.7 Å². The molecule has 1 aromatic rings. The Bertz CT molecular complexity index is 1000. The normalized spacial score (nSPS) is 14.0. The summed E-state index contributed by atoms with van der Waals surface area (Å²) >= 11 is 0. The number of nitro benzene ring substituents is 2. The van der Waals surface area contributed by atoms with Crippen molar-refractivity contribution in [2.75, 3.05) is 13.2 Å². The number of nitrogens with one attached hydrogen (secondary N) is 1. The molecule has 1 aliphatic rings. The maximum absolute atomic E-state index is 13.2. The van der Waals surface area contributed by atoms with Gasteiger partial charge in [-0.25, -0.2) is 9.59 Å². The first-order valence-corrected chi connectivity index (χ1v) is 11.2. The Kier molecular flexibility index (Phi) is 9.28. The second-order valence-electron chi connectivity index (χ2n) is 7.58. The number of carbonyl (C=O) groups is 2. The maximum Gasteiger partial charge on any atom is 0.336 e. The molecule has 0 aliphatic carbocycles. The van der Waals surface area contributed by atoms with Crippen LogP contribution in [0, 0.1) is 20.2 Å². The van der Waals surface area contributed by atoms with Crippen molar-refractivity contribution in [3.05, 3.63) is 66.5 Å². The van der Waals surface area contributed by atoms with Crippen LogP contribution in [0.4, 0.5) is 11.4 Å². The lowest BCUT2D eigenvalue weighted by Gasteiger charge is -2.32. The van der Waals surface area contributed by atoms with Crippen LogP contribution in [0.15, 0.2) is 40.7 Å². The number of non-ortho nitro benzene ring substituents is 1.